The van der Waals surface area contributed by atoms with Crippen LogP contribution in [-0.4, -0.2) is 30.4 Å². The van der Waals surface area contributed by atoms with E-state index >= 15 is 0 Å². The third-order valence-corrected chi connectivity index (χ3v) is 4.90. The summed E-state index contributed by atoms with van der Waals surface area (Å²) in [4.78, 5) is 12.7. The average Bonchev–Trinajstić information content (AvgIpc) is 3.17. The van der Waals surface area contributed by atoms with Crippen LogP contribution in [0.2, 0.25) is 0 Å². The van der Waals surface area contributed by atoms with E-state index in [1.807, 2.05) is 48.5 Å². The molecule has 1 aliphatic rings. The molecule has 0 unspecified atom stereocenters. The van der Waals surface area contributed by atoms with E-state index < -0.39 is 0 Å². The molecule has 1 amide bonds. The standard InChI is InChI=1S/C22H22N4O2/c23-21(24)15-7-3-8-16(11-15)28-17-12-20(25-13-17)22(27)26-19-10-4-6-14-5-1-2-9-18(14)19/h1-11,17,20,25H,12-13H2,(H3,23,24)(H,26,27)/t17-,20+/m1/s1. The van der Waals surface area contributed by atoms with Gasteiger partial charge in [0.05, 0.1) is 6.04 Å². The highest BCUT2D eigenvalue weighted by atomic mass is 16.5. The molecular weight excluding hydrogens is 352 g/mol. The van der Waals surface area contributed by atoms with Gasteiger partial charge in [0.25, 0.3) is 0 Å². The summed E-state index contributed by atoms with van der Waals surface area (Å²) in [6, 6.07) is 20.7. The first-order valence-corrected chi connectivity index (χ1v) is 9.23. The van der Waals surface area contributed by atoms with Gasteiger partial charge in [-0.3, -0.25) is 10.2 Å². The van der Waals surface area contributed by atoms with Gasteiger partial charge in [-0.2, -0.15) is 0 Å². The summed E-state index contributed by atoms with van der Waals surface area (Å²) >= 11 is 0. The number of anilines is 1. The SMILES string of the molecule is N=C(N)c1cccc(O[C@H]2CN[C@H](C(=O)Nc3cccc4ccccc34)C2)c1. The van der Waals surface area contributed by atoms with Crippen LogP contribution in [0.25, 0.3) is 10.8 Å². The van der Waals surface area contributed by atoms with Gasteiger partial charge in [0, 0.05) is 29.6 Å². The van der Waals surface area contributed by atoms with Gasteiger partial charge in [-0.15, -0.1) is 0 Å². The number of amidine groups is 1. The summed E-state index contributed by atoms with van der Waals surface area (Å²) < 4.78 is 5.97. The lowest BCUT2D eigenvalue weighted by Gasteiger charge is -2.15. The molecular formula is C22H22N4O2. The lowest BCUT2D eigenvalue weighted by molar-refractivity contribution is -0.117. The third-order valence-electron chi connectivity index (χ3n) is 4.90. The Balaban J connectivity index is 1.40. The number of carbonyl (C=O) groups is 1. The van der Waals surface area contributed by atoms with Crippen molar-refractivity contribution < 1.29 is 9.53 Å². The molecule has 1 fully saturated rings. The summed E-state index contributed by atoms with van der Waals surface area (Å²) in [7, 11) is 0. The highest BCUT2D eigenvalue weighted by molar-refractivity contribution is 6.03. The first kappa shape index (κ1) is 18.0. The zero-order chi connectivity index (χ0) is 19.5. The molecule has 3 aromatic rings. The van der Waals surface area contributed by atoms with Crippen LogP contribution in [0.1, 0.15) is 12.0 Å². The number of hydrogen-bond donors (Lipinski definition) is 4. The van der Waals surface area contributed by atoms with Gasteiger partial charge in [-0.1, -0.05) is 48.5 Å². The largest absolute Gasteiger partial charge is 0.489 e. The van der Waals surface area contributed by atoms with Crippen molar-refractivity contribution in [1.29, 1.82) is 5.41 Å². The van der Waals surface area contributed by atoms with E-state index in [9.17, 15) is 4.79 Å². The Kier molecular flexibility index (Phi) is 4.95. The summed E-state index contributed by atoms with van der Waals surface area (Å²) in [6.07, 6.45) is 0.450. The number of nitrogen functional groups attached to an aromatic ring is 1. The normalized spacial score (nSPS) is 18.7. The van der Waals surface area contributed by atoms with Crippen molar-refractivity contribution in [1.82, 2.24) is 5.32 Å². The Morgan fingerprint density at radius 1 is 1.11 bits per heavy atom. The topological polar surface area (TPSA) is 100 Å². The van der Waals surface area contributed by atoms with Crippen LogP contribution in [0.3, 0.4) is 0 Å². The van der Waals surface area contributed by atoms with E-state index in [1.54, 1.807) is 18.2 Å². The van der Waals surface area contributed by atoms with Crippen LogP contribution < -0.4 is 21.1 Å². The fraction of sp³-hybridized carbons (Fsp3) is 0.182. The molecule has 6 nitrogen and oxygen atoms in total. The summed E-state index contributed by atoms with van der Waals surface area (Å²) in [5.41, 5.74) is 6.96. The van der Waals surface area contributed by atoms with Crippen molar-refractivity contribution in [2.75, 3.05) is 11.9 Å². The zero-order valence-electron chi connectivity index (χ0n) is 15.3. The minimum Gasteiger partial charge on any atom is -0.489 e. The molecule has 1 heterocycles. The maximum Gasteiger partial charge on any atom is 0.241 e. The van der Waals surface area contributed by atoms with Gasteiger partial charge in [0.15, 0.2) is 0 Å². The molecule has 0 bridgehead atoms. The molecule has 0 aliphatic carbocycles. The van der Waals surface area contributed by atoms with Crippen LogP contribution >= 0.6 is 0 Å². The zero-order valence-corrected chi connectivity index (χ0v) is 15.3. The van der Waals surface area contributed by atoms with Crippen molar-refractivity contribution in [2.24, 2.45) is 5.73 Å². The van der Waals surface area contributed by atoms with E-state index in [2.05, 4.69) is 10.6 Å². The number of rotatable bonds is 5. The summed E-state index contributed by atoms with van der Waals surface area (Å²) in [5.74, 6) is 0.580. The number of nitrogens with two attached hydrogens (primary N) is 1. The van der Waals surface area contributed by atoms with Crippen molar-refractivity contribution in [2.45, 2.75) is 18.6 Å². The minimum atomic E-state index is -0.319. The van der Waals surface area contributed by atoms with Crippen LogP contribution in [-0.2, 0) is 4.79 Å². The molecule has 1 saturated heterocycles. The van der Waals surface area contributed by atoms with E-state index in [4.69, 9.17) is 15.9 Å². The molecule has 4 rings (SSSR count). The fourth-order valence-electron chi connectivity index (χ4n) is 3.48. The van der Waals surface area contributed by atoms with Crippen molar-refractivity contribution in [3.8, 4) is 5.75 Å². The number of fused-ring (bicyclic) bond motifs is 1. The van der Waals surface area contributed by atoms with E-state index in [-0.39, 0.29) is 23.9 Å². The smallest absolute Gasteiger partial charge is 0.241 e. The van der Waals surface area contributed by atoms with Gasteiger partial charge >= 0.3 is 0 Å². The highest BCUT2D eigenvalue weighted by Gasteiger charge is 2.31. The number of hydrogen-bond acceptors (Lipinski definition) is 4. The molecule has 0 aromatic heterocycles. The number of carbonyl (C=O) groups excluding carboxylic acids is 1. The Hall–Kier alpha value is -3.38. The average molecular weight is 374 g/mol. The minimum absolute atomic E-state index is 0.00217. The van der Waals surface area contributed by atoms with Gasteiger partial charge in [0.1, 0.15) is 17.7 Å². The van der Waals surface area contributed by atoms with E-state index in [0.29, 0.717) is 24.3 Å². The van der Waals surface area contributed by atoms with Crippen molar-refractivity contribution in [3.63, 3.8) is 0 Å². The second-order valence-electron chi connectivity index (χ2n) is 6.89. The second kappa shape index (κ2) is 7.70. The van der Waals surface area contributed by atoms with Crippen LogP contribution in [0.5, 0.6) is 5.75 Å². The first-order valence-electron chi connectivity index (χ1n) is 9.23. The first-order chi connectivity index (χ1) is 13.6. The van der Waals surface area contributed by atoms with Crippen LogP contribution in [0.4, 0.5) is 5.69 Å². The molecule has 2 atom stereocenters. The van der Waals surface area contributed by atoms with Gasteiger partial charge in [0.2, 0.25) is 5.91 Å². The molecule has 6 heteroatoms. The van der Waals surface area contributed by atoms with E-state index in [0.717, 1.165) is 16.5 Å². The van der Waals surface area contributed by atoms with Crippen molar-refractivity contribution in [3.05, 3.63) is 72.3 Å². The van der Waals surface area contributed by atoms with Crippen LogP contribution in [0, 0.1) is 5.41 Å². The summed E-state index contributed by atoms with van der Waals surface area (Å²) in [5, 5.41) is 15.9. The molecule has 28 heavy (non-hydrogen) atoms. The van der Waals surface area contributed by atoms with Crippen molar-refractivity contribution >= 4 is 28.2 Å². The second-order valence-corrected chi connectivity index (χ2v) is 6.89. The molecule has 142 valence electrons. The predicted molar refractivity (Wildman–Crippen MR) is 111 cm³/mol. The molecule has 3 aromatic carbocycles. The quantitative estimate of drug-likeness (QED) is 0.407. The predicted octanol–water partition coefficient (Wildman–Crippen LogP) is 2.87. The molecule has 1 aliphatic heterocycles. The Morgan fingerprint density at radius 3 is 2.75 bits per heavy atom. The molecule has 0 saturated carbocycles. The maximum atomic E-state index is 12.7. The third kappa shape index (κ3) is 3.82. The number of benzene rings is 3. The number of nitrogens with one attached hydrogen (secondary N) is 3. The van der Waals surface area contributed by atoms with Gasteiger partial charge in [-0.25, -0.2) is 0 Å². The van der Waals surface area contributed by atoms with Crippen LogP contribution in [0.15, 0.2) is 66.7 Å². The summed E-state index contributed by atoms with van der Waals surface area (Å²) in [6.45, 7) is 0.581. The van der Waals surface area contributed by atoms with E-state index in [1.165, 1.54) is 0 Å². The highest BCUT2D eigenvalue weighted by Crippen LogP contribution is 2.24. The number of amides is 1. The fourth-order valence-corrected chi connectivity index (χ4v) is 3.48. The lowest BCUT2D eigenvalue weighted by atomic mass is 10.1. The van der Waals surface area contributed by atoms with Gasteiger partial charge < -0.3 is 21.1 Å². The van der Waals surface area contributed by atoms with Gasteiger partial charge in [-0.05, 0) is 23.6 Å². The maximum absolute atomic E-state index is 12.7. The lowest BCUT2D eigenvalue weighted by Crippen LogP contribution is -2.35. The Bertz CT molecular complexity index is 1030. The number of ether oxygens (including phenoxy) is 1. The Labute approximate surface area is 163 Å². The molecule has 5 N–H and O–H groups in total. The molecule has 0 spiro atoms. The molecule has 0 radical (unpaired) electrons. The Morgan fingerprint density at radius 2 is 1.89 bits per heavy atom. The monoisotopic (exact) mass is 374 g/mol.